The minimum atomic E-state index is -1.00. The zero-order chi connectivity index (χ0) is 33.8. The number of fused-ring (bicyclic) bond motifs is 1. The number of carboxylic acids is 1. The lowest BCUT2D eigenvalue weighted by atomic mass is 10.0. The molecule has 13 heteroatoms. The first-order chi connectivity index (χ1) is 23.2. The molecule has 6 rings (SSSR count). The van der Waals surface area contributed by atoms with Crippen molar-refractivity contribution in [2.45, 2.75) is 37.8 Å². The first-order valence-electron chi connectivity index (χ1n) is 15.5. The summed E-state index contributed by atoms with van der Waals surface area (Å²) >= 11 is 12.1. The summed E-state index contributed by atoms with van der Waals surface area (Å²) in [5.74, 6) is 5.12. The van der Waals surface area contributed by atoms with Gasteiger partial charge in [0.25, 0.3) is 11.8 Å². The van der Waals surface area contributed by atoms with E-state index >= 15 is 0 Å². The van der Waals surface area contributed by atoms with Gasteiger partial charge in [0.2, 0.25) is 0 Å². The summed E-state index contributed by atoms with van der Waals surface area (Å²) in [7, 11) is 1.70. The number of carboxylic acid groups (broad SMARTS) is 1. The van der Waals surface area contributed by atoms with E-state index in [-0.39, 0.29) is 12.0 Å². The molecule has 0 radical (unpaired) electrons. The molecule has 2 atom stereocenters. The molecule has 246 valence electrons. The Bertz CT molecular complexity index is 1940. The Balaban J connectivity index is 1.24. The number of rotatable bonds is 7. The molecule has 2 aromatic carbocycles. The summed E-state index contributed by atoms with van der Waals surface area (Å²) < 4.78 is 5.50. The molecule has 0 spiro atoms. The quantitative estimate of drug-likeness (QED) is 0.139. The van der Waals surface area contributed by atoms with E-state index in [0.29, 0.717) is 56.8 Å². The SMILES string of the molecule is COC1CCN(c2cc3nc(-c4ccc(C#Cc5ccc(C(=O)N6CCCC[C@H]6C(=O)O)cc5Cl)cc4)cc(C(=O)NNCl)c3cn2)C1. The number of ether oxygens (including phenoxy) is 1. The highest BCUT2D eigenvalue weighted by Crippen LogP contribution is 2.29. The number of methoxy groups -OCH3 is 1. The van der Waals surface area contributed by atoms with Gasteiger partial charge in [0, 0.05) is 66.6 Å². The highest BCUT2D eigenvalue weighted by Gasteiger charge is 2.32. The van der Waals surface area contributed by atoms with Crippen molar-refractivity contribution in [3.63, 3.8) is 0 Å². The minimum Gasteiger partial charge on any atom is -0.480 e. The van der Waals surface area contributed by atoms with Crippen LogP contribution >= 0.6 is 23.4 Å². The number of nitrogens with zero attached hydrogens (tertiary/aromatic N) is 4. The van der Waals surface area contributed by atoms with Gasteiger partial charge in [-0.3, -0.25) is 15.0 Å². The van der Waals surface area contributed by atoms with Crippen LogP contribution in [0.5, 0.6) is 0 Å². The van der Waals surface area contributed by atoms with Crippen molar-refractivity contribution in [1.29, 1.82) is 0 Å². The number of halogens is 2. The number of carbonyl (C=O) groups is 3. The molecule has 2 aromatic heterocycles. The third-order valence-corrected chi connectivity index (χ3v) is 9.08. The van der Waals surface area contributed by atoms with Crippen molar-refractivity contribution in [2.75, 3.05) is 31.6 Å². The summed E-state index contributed by atoms with van der Waals surface area (Å²) in [5, 5.41) is 10.4. The first kappa shape index (κ1) is 33.2. The second-order valence-corrected chi connectivity index (χ2v) is 12.2. The van der Waals surface area contributed by atoms with Crippen LogP contribution < -0.4 is 15.3 Å². The predicted molar refractivity (Wildman–Crippen MR) is 183 cm³/mol. The molecule has 2 saturated heterocycles. The van der Waals surface area contributed by atoms with Crippen LogP contribution in [0.3, 0.4) is 0 Å². The molecule has 11 nitrogen and oxygen atoms in total. The van der Waals surface area contributed by atoms with Crippen LogP contribution in [0.4, 0.5) is 5.82 Å². The standard InChI is InChI=1S/C35H32Cl2N6O5/c1-48-25-13-15-42(20-25)32-18-30-27(19-38-32)26(33(44)40-41-37)17-29(39-30)23-9-6-21(7-10-23)5-8-22-11-12-24(16-28(22)36)34(45)43-14-3-2-4-31(43)35(46)47/h6-7,9-12,16-19,25,31,41H,2-4,13-15,20H2,1H3,(H,40,44)(H,46,47)/t25?,31-/m0/s1. The maximum Gasteiger partial charge on any atom is 0.326 e. The highest BCUT2D eigenvalue weighted by molar-refractivity contribution is 6.32. The van der Waals surface area contributed by atoms with Crippen molar-refractivity contribution in [1.82, 2.24) is 25.2 Å². The molecule has 2 fully saturated rings. The van der Waals surface area contributed by atoms with Gasteiger partial charge in [-0.15, -0.1) is 4.94 Å². The van der Waals surface area contributed by atoms with Crippen LogP contribution in [0.2, 0.25) is 5.02 Å². The summed E-state index contributed by atoms with van der Waals surface area (Å²) in [6.45, 7) is 1.92. The number of likely N-dealkylation sites (tertiary alicyclic amines) is 1. The molecule has 2 amide bonds. The molecule has 0 aliphatic carbocycles. The smallest absolute Gasteiger partial charge is 0.326 e. The van der Waals surface area contributed by atoms with Gasteiger partial charge in [-0.25, -0.2) is 14.8 Å². The van der Waals surface area contributed by atoms with Crippen LogP contribution in [-0.2, 0) is 9.53 Å². The van der Waals surface area contributed by atoms with Crippen LogP contribution in [0, 0.1) is 11.8 Å². The fourth-order valence-electron chi connectivity index (χ4n) is 6.07. The monoisotopic (exact) mass is 686 g/mol. The van der Waals surface area contributed by atoms with Crippen LogP contribution in [0.15, 0.2) is 60.8 Å². The zero-order valence-corrected chi connectivity index (χ0v) is 27.5. The van der Waals surface area contributed by atoms with Gasteiger partial charge >= 0.3 is 5.97 Å². The van der Waals surface area contributed by atoms with Gasteiger partial charge < -0.3 is 19.6 Å². The van der Waals surface area contributed by atoms with E-state index in [0.717, 1.165) is 43.7 Å². The molecule has 0 bridgehead atoms. The summed E-state index contributed by atoms with van der Waals surface area (Å²) in [6, 6.07) is 15.0. The molecule has 2 aliphatic heterocycles. The molecule has 3 N–H and O–H groups in total. The number of carbonyl (C=O) groups excluding carboxylic acids is 2. The zero-order valence-electron chi connectivity index (χ0n) is 26.0. The van der Waals surface area contributed by atoms with Crippen molar-refractivity contribution in [2.24, 2.45) is 0 Å². The number of aliphatic carboxylic acids is 1. The second-order valence-electron chi connectivity index (χ2n) is 11.6. The molecule has 4 heterocycles. The van der Waals surface area contributed by atoms with Gasteiger partial charge in [-0.2, -0.15) is 0 Å². The lowest BCUT2D eigenvalue weighted by Crippen LogP contribution is -2.47. The van der Waals surface area contributed by atoms with Gasteiger partial charge in [0.1, 0.15) is 11.9 Å². The molecule has 1 unspecified atom stereocenters. The number of pyridine rings is 2. The van der Waals surface area contributed by atoms with Crippen molar-refractivity contribution in [3.8, 4) is 23.1 Å². The van der Waals surface area contributed by atoms with E-state index in [1.807, 2.05) is 30.3 Å². The van der Waals surface area contributed by atoms with E-state index in [9.17, 15) is 19.5 Å². The number of benzene rings is 2. The van der Waals surface area contributed by atoms with Crippen LogP contribution in [0.1, 0.15) is 57.5 Å². The van der Waals surface area contributed by atoms with Gasteiger partial charge in [0.15, 0.2) is 0 Å². The van der Waals surface area contributed by atoms with E-state index in [2.05, 4.69) is 32.1 Å². The van der Waals surface area contributed by atoms with Crippen LogP contribution in [-0.4, -0.2) is 76.6 Å². The fraction of sp³-hybridized carbons (Fsp3) is 0.286. The number of hydrazine groups is 1. The Kier molecular flexibility index (Phi) is 10.1. The molecule has 48 heavy (non-hydrogen) atoms. The van der Waals surface area contributed by atoms with Crippen molar-refractivity contribution in [3.05, 3.63) is 88.1 Å². The number of anilines is 1. The first-order valence-corrected chi connectivity index (χ1v) is 16.2. The average molecular weight is 688 g/mol. The number of aromatic nitrogens is 2. The normalized spacial score (nSPS) is 17.6. The molecular formula is C35H32Cl2N6O5. The Morgan fingerprint density at radius 1 is 1.02 bits per heavy atom. The van der Waals surface area contributed by atoms with Gasteiger partial charge in [-0.1, -0.05) is 35.6 Å². The fourth-order valence-corrected chi connectivity index (χ4v) is 6.38. The van der Waals surface area contributed by atoms with E-state index in [1.165, 1.54) is 11.0 Å². The van der Waals surface area contributed by atoms with Crippen molar-refractivity contribution < 1.29 is 24.2 Å². The Morgan fingerprint density at radius 3 is 2.54 bits per heavy atom. The Hall–Kier alpha value is -4.73. The third kappa shape index (κ3) is 7.07. The average Bonchev–Trinajstić information content (AvgIpc) is 3.60. The molecule has 0 saturated carbocycles. The lowest BCUT2D eigenvalue weighted by molar-refractivity contribution is -0.143. The number of hydrogen-bond acceptors (Lipinski definition) is 8. The van der Waals surface area contributed by atoms with E-state index in [4.69, 9.17) is 33.1 Å². The van der Waals surface area contributed by atoms with E-state index in [1.54, 1.807) is 31.5 Å². The maximum atomic E-state index is 13.1. The summed E-state index contributed by atoms with van der Waals surface area (Å²) in [6.07, 6.45) is 4.65. The second kappa shape index (κ2) is 14.6. The number of piperidine rings is 1. The Labute approximate surface area is 287 Å². The molecule has 4 aromatic rings. The van der Waals surface area contributed by atoms with Crippen LogP contribution in [0.25, 0.3) is 22.2 Å². The molecular weight excluding hydrogens is 655 g/mol. The highest BCUT2D eigenvalue weighted by atomic mass is 35.5. The Morgan fingerprint density at radius 2 is 1.83 bits per heavy atom. The number of hydrogen-bond donors (Lipinski definition) is 3. The van der Waals surface area contributed by atoms with E-state index < -0.39 is 17.9 Å². The summed E-state index contributed by atoms with van der Waals surface area (Å²) in [5.41, 5.74) is 6.30. The lowest BCUT2D eigenvalue weighted by Gasteiger charge is -2.33. The summed E-state index contributed by atoms with van der Waals surface area (Å²) in [4.78, 5) is 52.9. The minimum absolute atomic E-state index is 0.136. The largest absolute Gasteiger partial charge is 0.480 e. The molecule has 2 aliphatic rings. The topological polar surface area (TPSA) is 137 Å². The third-order valence-electron chi connectivity index (χ3n) is 8.67. The van der Waals surface area contributed by atoms with Gasteiger partial charge in [0.05, 0.1) is 27.9 Å². The van der Waals surface area contributed by atoms with Gasteiger partial charge in [-0.05, 0) is 73.9 Å². The number of amides is 2. The van der Waals surface area contributed by atoms with Crippen molar-refractivity contribution >= 4 is 57.9 Å². The number of nitrogens with one attached hydrogen (secondary N) is 2. The predicted octanol–water partition coefficient (Wildman–Crippen LogP) is 5.04. The maximum absolute atomic E-state index is 13.1.